The number of rotatable bonds is 11. The smallest absolute Gasteiger partial charge is 0.373 e. The Balaban J connectivity index is 2.58. The fourth-order valence-corrected chi connectivity index (χ4v) is 7.30. The summed E-state index contributed by atoms with van der Waals surface area (Å²) in [5, 5.41) is 23.1. The molecular formula is C39H66O9. The first-order valence-electron chi connectivity index (χ1n) is 17.8. The number of hydrogen-bond acceptors (Lipinski definition) is 9. The maximum absolute atomic E-state index is 13.7. The molecule has 9 heteroatoms. The van der Waals surface area contributed by atoms with Crippen LogP contribution >= 0.6 is 0 Å². The summed E-state index contributed by atoms with van der Waals surface area (Å²) in [6.07, 6.45) is 7.85. The highest BCUT2D eigenvalue weighted by atomic mass is 16.7. The van der Waals surface area contributed by atoms with Gasteiger partial charge in [0.25, 0.3) is 0 Å². The molecule has 2 aliphatic heterocycles. The van der Waals surface area contributed by atoms with Gasteiger partial charge in [0.15, 0.2) is 5.79 Å². The number of esters is 1. The fourth-order valence-electron chi connectivity index (χ4n) is 7.30. The maximum Gasteiger partial charge on any atom is 0.373 e. The van der Waals surface area contributed by atoms with Crippen molar-refractivity contribution in [1.29, 1.82) is 0 Å². The van der Waals surface area contributed by atoms with Gasteiger partial charge in [0.2, 0.25) is 5.76 Å². The summed E-state index contributed by atoms with van der Waals surface area (Å²) in [5.41, 5.74) is 1.85. The number of ether oxygens (including phenoxy) is 6. The van der Waals surface area contributed by atoms with Crippen LogP contribution in [-0.2, 0) is 33.2 Å². The number of cyclic esters (lactones) is 1. The van der Waals surface area contributed by atoms with Crippen LogP contribution in [0.25, 0.3) is 0 Å². The zero-order chi connectivity index (χ0) is 36.3. The van der Waals surface area contributed by atoms with Crippen LogP contribution in [-0.4, -0.2) is 86.5 Å². The van der Waals surface area contributed by atoms with E-state index in [9.17, 15) is 15.0 Å². The number of aliphatic hydroxyl groups is 2. The van der Waals surface area contributed by atoms with Gasteiger partial charge in [-0.15, -0.1) is 0 Å². The highest BCUT2D eigenvalue weighted by molar-refractivity contribution is 5.87. The molecule has 0 radical (unpaired) electrons. The van der Waals surface area contributed by atoms with Crippen LogP contribution in [0.1, 0.15) is 88.5 Å². The summed E-state index contributed by atoms with van der Waals surface area (Å²) < 4.78 is 36.8. The molecule has 0 aromatic carbocycles. The van der Waals surface area contributed by atoms with E-state index in [1.165, 1.54) is 7.11 Å². The molecule has 2 heterocycles. The fraction of sp³-hybridized carbons (Fsp3) is 0.769. The molecule has 2 aliphatic rings. The number of aliphatic hydroxyl groups excluding tert-OH is 2. The number of allylic oxidation sites excluding steroid dienone is 5. The van der Waals surface area contributed by atoms with Crippen molar-refractivity contribution in [3.8, 4) is 0 Å². The molecule has 48 heavy (non-hydrogen) atoms. The monoisotopic (exact) mass is 678 g/mol. The molecule has 0 spiro atoms. The molecular weight excluding hydrogens is 612 g/mol. The van der Waals surface area contributed by atoms with E-state index in [0.717, 1.165) is 17.6 Å². The minimum atomic E-state index is -1.13. The van der Waals surface area contributed by atoms with Crippen LogP contribution < -0.4 is 0 Å². The van der Waals surface area contributed by atoms with Crippen molar-refractivity contribution in [3.05, 3.63) is 47.3 Å². The summed E-state index contributed by atoms with van der Waals surface area (Å²) in [7, 11) is 4.59. The molecule has 1 saturated heterocycles. The van der Waals surface area contributed by atoms with E-state index in [2.05, 4.69) is 27.7 Å². The molecule has 276 valence electrons. The highest BCUT2D eigenvalue weighted by Crippen LogP contribution is 2.44. The van der Waals surface area contributed by atoms with Gasteiger partial charge in [-0.2, -0.15) is 0 Å². The number of carbonyl (C=O) groups excluding carboxylic acids is 1. The lowest BCUT2D eigenvalue weighted by Gasteiger charge is -2.52. The van der Waals surface area contributed by atoms with Gasteiger partial charge in [-0.25, -0.2) is 4.79 Å². The highest BCUT2D eigenvalue weighted by Gasteiger charge is 2.53. The number of hydrogen-bond donors (Lipinski definition) is 2. The molecule has 12 atom stereocenters. The van der Waals surface area contributed by atoms with E-state index in [0.29, 0.717) is 19.4 Å². The van der Waals surface area contributed by atoms with Crippen LogP contribution in [0.2, 0.25) is 0 Å². The molecule has 2 N–H and O–H groups in total. The Kier molecular flexibility index (Phi) is 17.0. The summed E-state index contributed by atoms with van der Waals surface area (Å²) >= 11 is 0. The van der Waals surface area contributed by atoms with E-state index >= 15 is 0 Å². The standard InChI is InChI=1S/C39H66O9/c1-14-18-46-33-22-39(45-13,48-36(23(2)3)28(33)8)30(10)35(41)29(9)37-31(43-11)17-15-16-24(4)19-26(6)34(40)27(7)20-25(5)21-32(44-12)38(42)47-37/h15-17,20-21,23,26-31,33-37,40-41H,14,18-19,22H2,1-13H3/b17-15+,24-16-,25-20+,32-21-. The van der Waals surface area contributed by atoms with Gasteiger partial charge in [0.05, 0.1) is 31.5 Å². The Bertz CT molecular complexity index is 1130. The summed E-state index contributed by atoms with van der Waals surface area (Å²) in [4.78, 5) is 13.7. The first-order valence-corrected chi connectivity index (χ1v) is 17.8. The Morgan fingerprint density at radius 2 is 1.73 bits per heavy atom. The Morgan fingerprint density at radius 1 is 1.06 bits per heavy atom. The van der Waals surface area contributed by atoms with E-state index in [4.69, 9.17) is 28.4 Å². The normalized spacial score (nSPS) is 38.8. The van der Waals surface area contributed by atoms with Gasteiger partial charge in [0.1, 0.15) is 12.2 Å². The number of methoxy groups -OCH3 is 3. The third kappa shape index (κ3) is 10.7. The third-order valence-corrected chi connectivity index (χ3v) is 10.3. The quantitative estimate of drug-likeness (QED) is 0.228. The van der Waals surface area contributed by atoms with Crippen molar-refractivity contribution < 1.29 is 43.4 Å². The van der Waals surface area contributed by atoms with E-state index < -0.39 is 48.0 Å². The lowest BCUT2D eigenvalue weighted by molar-refractivity contribution is -0.342. The molecule has 12 unspecified atom stereocenters. The minimum Gasteiger partial charge on any atom is -0.490 e. The predicted molar refractivity (Wildman–Crippen MR) is 189 cm³/mol. The average Bonchev–Trinajstić information content (AvgIpc) is 3.05. The lowest BCUT2D eigenvalue weighted by atomic mass is 9.76. The van der Waals surface area contributed by atoms with Crippen LogP contribution in [0.5, 0.6) is 0 Å². The van der Waals surface area contributed by atoms with Gasteiger partial charge in [-0.1, -0.05) is 90.8 Å². The van der Waals surface area contributed by atoms with Crippen LogP contribution in [0.15, 0.2) is 47.3 Å². The van der Waals surface area contributed by atoms with Gasteiger partial charge >= 0.3 is 5.97 Å². The third-order valence-electron chi connectivity index (χ3n) is 10.3. The summed E-state index contributed by atoms with van der Waals surface area (Å²) in [6, 6.07) is 0. The zero-order valence-electron chi connectivity index (χ0n) is 31.9. The van der Waals surface area contributed by atoms with Crippen molar-refractivity contribution in [2.45, 2.75) is 131 Å². The zero-order valence-corrected chi connectivity index (χ0v) is 31.9. The van der Waals surface area contributed by atoms with Crippen LogP contribution in [0, 0.1) is 35.5 Å². The second-order valence-corrected chi connectivity index (χ2v) is 14.6. The Labute approximate surface area is 290 Å². The van der Waals surface area contributed by atoms with Crippen LogP contribution in [0.4, 0.5) is 0 Å². The van der Waals surface area contributed by atoms with E-state index in [1.807, 2.05) is 65.8 Å². The van der Waals surface area contributed by atoms with Crippen molar-refractivity contribution in [2.75, 3.05) is 27.9 Å². The average molecular weight is 679 g/mol. The first kappa shape index (κ1) is 42.2. The first-order chi connectivity index (χ1) is 22.6. The van der Waals surface area contributed by atoms with Gasteiger partial charge in [0, 0.05) is 50.9 Å². The second kappa shape index (κ2) is 19.4. The molecule has 0 saturated carbocycles. The number of carbonyl (C=O) groups is 1. The Morgan fingerprint density at radius 3 is 2.29 bits per heavy atom. The topological polar surface area (TPSA) is 113 Å². The summed E-state index contributed by atoms with van der Waals surface area (Å²) in [5.74, 6) is -2.75. The SMILES string of the molecule is CCCOC1CC(OC)(C(C)C(O)C(C)C2OC(=O)/C(OC)=C/C(C)=C/C(C)C(O)C(C)C/C(C)=C\C=C\C2OC)OC(C(C)C)C1C. The van der Waals surface area contributed by atoms with Gasteiger partial charge in [-0.05, 0) is 44.6 Å². The molecule has 0 aromatic heterocycles. The summed E-state index contributed by atoms with van der Waals surface area (Å²) in [6.45, 7) is 20.8. The molecule has 0 aromatic rings. The molecule has 2 rings (SSSR count). The second-order valence-electron chi connectivity index (χ2n) is 14.6. The van der Waals surface area contributed by atoms with Crippen molar-refractivity contribution in [3.63, 3.8) is 0 Å². The molecule has 1 fully saturated rings. The van der Waals surface area contributed by atoms with Crippen molar-refractivity contribution >= 4 is 5.97 Å². The van der Waals surface area contributed by atoms with Crippen LogP contribution in [0.3, 0.4) is 0 Å². The van der Waals surface area contributed by atoms with Gasteiger partial charge in [-0.3, -0.25) is 0 Å². The molecule has 0 amide bonds. The molecule has 0 bridgehead atoms. The predicted octanol–water partition coefficient (Wildman–Crippen LogP) is 6.78. The van der Waals surface area contributed by atoms with E-state index in [-0.39, 0.29) is 41.6 Å². The maximum atomic E-state index is 13.7. The lowest BCUT2D eigenvalue weighted by Crippen LogP contribution is -2.60. The van der Waals surface area contributed by atoms with Crippen molar-refractivity contribution in [2.24, 2.45) is 35.5 Å². The minimum absolute atomic E-state index is 0.00791. The van der Waals surface area contributed by atoms with Gasteiger partial charge < -0.3 is 38.6 Å². The largest absolute Gasteiger partial charge is 0.490 e. The van der Waals surface area contributed by atoms with E-state index in [1.54, 1.807) is 20.3 Å². The molecule has 0 aliphatic carbocycles. The van der Waals surface area contributed by atoms with Crippen molar-refractivity contribution in [1.82, 2.24) is 0 Å². The Hall–Kier alpha value is -2.01. The molecule has 9 nitrogen and oxygen atoms in total.